The van der Waals surface area contributed by atoms with Crippen LogP contribution in [0, 0.1) is 6.92 Å². The van der Waals surface area contributed by atoms with Crippen LogP contribution in [0.2, 0.25) is 5.02 Å². The van der Waals surface area contributed by atoms with Gasteiger partial charge >= 0.3 is 5.97 Å². The number of thioether (sulfide) groups is 1. The van der Waals surface area contributed by atoms with E-state index in [1.54, 1.807) is 0 Å². The molecule has 2 aromatic carbocycles. The van der Waals surface area contributed by atoms with Crippen LogP contribution in [-0.4, -0.2) is 33.4 Å². The Balaban J connectivity index is 0.00000256. The van der Waals surface area contributed by atoms with E-state index in [0.717, 1.165) is 48.5 Å². The summed E-state index contributed by atoms with van der Waals surface area (Å²) in [5.41, 5.74) is 2.63. The van der Waals surface area contributed by atoms with Gasteiger partial charge in [0.05, 0.1) is 11.4 Å². The molecule has 1 saturated carbocycles. The van der Waals surface area contributed by atoms with E-state index in [0.29, 0.717) is 10.2 Å². The number of hydrogen-bond donors (Lipinski definition) is 1. The fraction of sp³-hybridized carbons (Fsp3) is 0.318. The zero-order valence-electron chi connectivity index (χ0n) is 16.5. The van der Waals surface area contributed by atoms with Gasteiger partial charge < -0.3 is 10.0 Å². The first-order valence-corrected chi connectivity index (χ1v) is 11.0. The molecule has 0 bridgehead atoms. The molecule has 0 aromatic heterocycles. The summed E-state index contributed by atoms with van der Waals surface area (Å²) in [6.45, 7) is 2.04. The summed E-state index contributed by atoms with van der Waals surface area (Å²) in [4.78, 5) is 23.2. The van der Waals surface area contributed by atoms with Gasteiger partial charge in [0, 0.05) is 10.7 Å². The first-order chi connectivity index (χ1) is 14.0. The van der Waals surface area contributed by atoms with Crippen LogP contribution in [-0.2, 0) is 4.79 Å². The third kappa shape index (κ3) is 4.58. The second-order valence-electron chi connectivity index (χ2n) is 7.40. The monoisotopic (exact) mass is 507 g/mol. The molecule has 8 heteroatoms. The molecule has 1 N–H and O–H groups in total. The van der Waals surface area contributed by atoms with E-state index in [4.69, 9.17) is 21.6 Å². The number of amidine groups is 2. The lowest BCUT2D eigenvalue weighted by molar-refractivity contribution is -0.133. The standard InChI is InChI=1S/C22H22ClN3O2S.BrH/c1-15-5-4-6-17(13-15)24-20-22(11-2-3-12-22)26(18-9-7-16(23)8-10-18)21(25-20)29-14-19(27)28;/h4-10,13H,2-3,11-12,14H2,1H3,(H,27,28);1H. The van der Waals surface area contributed by atoms with Crippen LogP contribution >= 0.6 is 40.3 Å². The average Bonchev–Trinajstić information content (AvgIpc) is 3.28. The third-order valence-corrected chi connectivity index (χ3v) is 6.49. The van der Waals surface area contributed by atoms with Gasteiger partial charge in [-0.3, -0.25) is 4.79 Å². The zero-order chi connectivity index (χ0) is 20.4. The summed E-state index contributed by atoms with van der Waals surface area (Å²) in [7, 11) is 0. The minimum absolute atomic E-state index is 0. The number of aryl methyl sites for hydroxylation is 1. The minimum Gasteiger partial charge on any atom is -0.481 e. The van der Waals surface area contributed by atoms with Crippen molar-refractivity contribution < 1.29 is 9.90 Å². The highest BCUT2D eigenvalue weighted by Gasteiger charge is 2.51. The number of carbonyl (C=O) groups is 1. The molecule has 1 spiro atoms. The third-order valence-electron chi connectivity index (χ3n) is 5.31. The first-order valence-electron chi connectivity index (χ1n) is 9.63. The van der Waals surface area contributed by atoms with Gasteiger partial charge in [0.25, 0.3) is 0 Å². The van der Waals surface area contributed by atoms with Gasteiger partial charge in [-0.1, -0.05) is 48.3 Å². The molecule has 1 fully saturated rings. The summed E-state index contributed by atoms with van der Waals surface area (Å²) in [6, 6.07) is 15.7. The van der Waals surface area contributed by atoms with Gasteiger partial charge in [-0.15, -0.1) is 17.0 Å². The molecule has 1 heterocycles. The SMILES string of the molecule is Br.Cc1cccc(N=C2N=C(SCC(=O)O)N(c3ccc(Cl)cc3)C23CCCC3)c1. The highest BCUT2D eigenvalue weighted by molar-refractivity contribution is 8.93. The number of anilines is 1. The van der Waals surface area contributed by atoms with Crippen LogP contribution in [0.25, 0.3) is 0 Å². The number of carboxylic acids is 1. The Morgan fingerprint density at radius 2 is 1.93 bits per heavy atom. The van der Waals surface area contributed by atoms with Crippen molar-refractivity contribution in [2.45, 2.75) is 38.1 Å². The number of rotatable bonds is 4. The molecule has 1 aliphatic carbocycles. The predicted octanol–water partition coefficient (Wildman–Crippen LogP) is 6.26. The molecular weight excluding hydrogens is 486 g/mol. The number of aliphatic carboxylic acids is 1. The summed E-state index contributed by atoms with van der Waals surface area (Å²) < 4.78 is 0. The van der Waals surface area contributed by atoms with E-state index in [-0.39, 0.29) is 28.3 Å². The normalized spacial score (nSPS) is 18.5. The van der Waals surface area contributed by atoms with Crippen LogP contribution < -0.4 is 4.90 Å². The molecular formula is C22H23BrClN3O2S. The Kier molecular flexibility index (Phi) is 7.26. The van der Waals surface area contributed by atoms with Gasteiger partial charge in [-0.05, 0) is 61.7 Å². The average molecular weight is 509 g/mol. The fourth-order valence-corrected chi connectivity index (χ4v) is 4.99. The predicted molar refractivity (Wildman–Crippen MR) is 131 cm³/mol. The van der Waals surface area contributed by atoms with E-state index in [1.165, 1.54) is 11.8 Å². The zero-order valence-corrected chi connectivity index (χ0v) is 19.8. The lowest BCUT2D eigenvalue weighted by Gasteiger charge is -2.36. The summed E-state index contributed by atoms with van der Waals surface area (Å²) in [5, 5.41) is 10.6. The van der Waals surface area contributed by atoms with E-state index >= 15 is 0 Å². The van der Waals surface area contributed by atoms with E-state index in [9.17, 15) is 9.90 Å². The molecule has 1 aliphatic heterocycles. The fourth-order valence-electron chi connectivity index (χ4n) is 4.05. The van der Waals surface area contributed by atoms with Crippen molar-refractivity contribution in [3.8, 4) is 0 Å². The second kappa shape index (κ2) is 9.54. The Hall–Kier alpha value is -1.83. The highest BCUT2D eigenvalue weighted by atomic mass is 79.9. The van der Waals surface area contributed by atoms with Crippen molar-refractivity contribution in [1.82, 2.24) is 0 Å². The maximum Gasteiger partial charge on any atom is 0.313 e. The number of carboxylic acid groups (broad SMARTS) is 1. The highest BCUT2D eigenvalue weighted by Crippen LogP contribution is 2.45. The second-order valence-corrected chi connectivity index (χ2v) is 8.78. The van der Waals surface area contributed by atoms with E-state index in [2.05, 4.69) is 4.90 Å². The number of nitrogens with zero attached hydrogens (tertiary/aromatic N) is 3. The molecule has 2 aliphatic rings. The van der Waals surface area contributed by atoms with Crippen molar-refractivity contribution in [2.24, 2.45) is 9.98 Å². The van der Waals surface area contributed by atoms with Gasteiger partial charge in [-0.2, -0.15) is 0 Å². The lowest BCUT2D eigenvalue weighted by Crippen LogP contribution is -2.49. The van der Waals surface area contributed by atoms with Gasteiger partial charge in [0.1, 0.15) is 5.54 Å². The van der Waals surface area contributed by atoms with Crippen molar-refractivity contribution in [3.63, 3.8) is 0 Å². The Labute approximate surface area is 196 Å². The van der Waals surface area contributed by atoms with Crippen molar-refractivity contribution in [2.75, 3.05) is 10.7 Å². The van der Waals surface area contributed by atoms with Gasteiger partial charge in [0.15, 0.2) is 11.0 Å². The molecule has 30 heavy (non-hydrogen) atoms. The first kappa shape index (κ1) is 22.8. The van der Waals surface area contributed by atoms with Crippen molar-refractivity contribution in [3.05, 3.63) is 59.1 Å². The number of benzene rings is 2. The Morgan fingerprint density at radius 1 is 1.23 bits per heavy atom. The van der Waals surface area contributed by atoms with Crippen molar-refractivity contribution >= 4 is 68.7 Å². The van der Waals surface area contributed by atoms with E-state index < -0.39 is 5.97 Å². The van der Waals surface area contributed by atoms with Crippen LogP contribution in [0.5, 0.6) is 0 Å². The Morgan fingerprint density at radius 3 is 2.57 bits per heavy atom. The molecule has 158 valence electrons. The summed E-state index contributed by atoms with van der Waals surface area (Å²) in [6.07, 6.45) is 4.04. The van der Waals surface area contributed by atoms with Gasteiger partial charge in [0.2, 0.25) is 0 Å². The number of hydrogen-bond acceptors (Lipinski definition) is 4. The largest absolute Gasteiger partial charge is 0.481 e. The van der Waals surface area contributed by atoms with E-state index in [1.807, 2.05) is 55.5 Å². The molecule has 2 aromatic rings. The van der Waals surface area contributed by atoms with Crippen LogP contribution in [0.3, 0.4) is 0 Å². The van der Waals surface area contributed by atoms with Crippen LogP contribution in [0.1, 0.15) is 31.2 Å². The molecule has 0 saturated heterocycles. The molecule has 0 amide bonds. The molecule has 0 atom stereocenters. The van der Waals surface area contributed by atoms with Crippen LogP contribution in [0.4, 0.5) is 11.4 Å². The molecule has 0 radical (unpaired) electrons. The Bertz CT molecular complexity index is 988. The molecule has 5 nitrogen and oxygen atoms in total. The van der Waals surface area contributed by atoms with Gasteiger partial charge in [-0.25, -0.2) is 9.98 Å². The summed E-state index contributed by atoms with van der Waals surface area (Å²) in [5.74, 6) is -0.141. The summed E-state index contributed by atoms with van der Waals surface area (Å²) >= 11 is 7.34. The quantitative estimate of drug-likeness (QED) is 0.529. The maximum absolute atomic E-state index is 11.2. The minimum atomic E-state index is -0.863. The topological polar surface area (TPSA) is 65.3 Å². The van der Waals surface area contributed by atoms with Crippen LogP contribution in [0.15, 0.2) is 58.5 Å². The number of halogens is 2. The lowest BCUT2D eigenvalue weighted by atomic mass is 9.94. The van der Waals surface area contributed by atoms with Crippen molar-refractivity contribution in [1.29, 1.82) is 0 Å². The maximum atomic E-state index is 11.2. The smallest absolute Gasteiger partial charge is 0.313 e. The molecule has 4 rings (SSSR count). The molecule has 0 unspecified atom stereocenters. The number of aliphatic imine (C=N–C) groups is 2.